The number of nitrogens with two attached hydrogens (primary N) is 1. The van der Waals surface area contributed by atoms with Crippen molar-refractivity contribution in [2.24, 2.45) is 5.73 Å². The standard InChI is InChI=1S/C13H14N4O2S3/c14-11(19)5-8-3-4-10(21-8)9(18)6-20-13-17-16-12(22-13)15-7-1-2-7/h3-4,7H,1-2,5-6H2,(H2,14,19)(H,15,16). The van der Waals surface area contributed by atoms with E-state index in [9.17, 15) is 9.59 Å². The van der Waals surface area contributed by atoms with Gasteiger partial charge in [0.2, 0.25) is 11.0 Å². The van der Waals surface area contributed by atoms with E-state index in [1.54, 1.807) is 12.1 Å². The van der Waals surface area contributed by atoms with Crippen molar-refractivity contribution < 1.29 is 9.59 Å². The molecule has 1 saturated carbocycles. The van der Waals surface area contributed by atoms with E-state index >= 15 is 0 Å². The Morgan fingerprint density at radius 3 is 2.86 bits per heavy atom. The molecular weight excluding hydrogens is 340 g/mol. The number of hydrogen-bond donors (Lipinski definition) is 2. The van der Waals surface area contributed by atoms with Crippen molar-refractivity contribution in [3.05, 3.63) is 21.9 Å². The quantitative estimate of drug-likeness (QED) is 0.557. The van der Waals surface area contributed by atoms with Crippen LogP contribution >= 0.6 is 34.4 Å². The minimum absolute atomic E-state index is 0.0256. The highest BCUT2D eigenvalue weighted by molar-refractivity contribution is 8.01. The molecule has 0 atom stereocenters. The Balaban J connectivity index is 1.51. The minimum Gasteiger partial charge on any atom is -0.369 e. The molecular formula is C13H14N4O2S3. The fraction of sp³-hybridized carbons (Fsp3) is 0.385. The zero-order chi connectivity index (χ0) is 15.5. The van der Waals surface area contributed by atoms with E-state index in [1.165, 1.54) is 47.3 Å². The number of amides is 1. The van der Waals surface area contributed by atoms with E-state index in [-0.39, 0.29) is 18.1 Å². The predicted molar refractivity (Wildman–Crippen MR) is 88.8 cm³/mol. The molecule has 2 heterocycles. The van der Waals surface area contributed by atoms with Gasteiger partial charge in [0.15, 0.2) is 10.1 Å². The number of hydrogen-bond acceptors (Lipinski definition) is 8. The van der Waals surface area contributed by atoms with Gasteiger partial charge >= 0.3 is 0 Å². The number of rotatable bonds is 8. The highest BCUT2D eigenvalue weighted by Crippen LogP contribution is 2.30. The minimum atomic E-state index is -0.389. The number of anilines is 1. The van der Waals surface area contributed by atoms with Gasteiger partial charge in [-0.15, -0.1) is 21.5 Å². The molecule has 0 bridgehead atoms. The van der Waals surface area contributed by atoms with Crippen molar-refractivity contribution in [2.75, 3.05) is 11.1 Å². The number of primary amides is 1. The third-order valence-corrected chi connectivity index (χ3v) is 6.04. The summed E-state index contributed by atoms with van der Waals surface area (Å²) < 4.78 is 0.783. The van der Waals surface area contributed by atoms with E-state index in [0.29, 0.717) is 16.7 Å². The second-order valence-corrected chi connectivity index (χ2v) is 8.28. The SMILES string of the molecule is NC(=O)Cc1ccc(C(=O)CSc2nnc(NC3CC3)s2)s1. The maximum atomic E-state index is 12.1. The van der Waals surface area contributed by atoms with Crippen LogP contribution in [0.4, 0.5) is 5.13 Å². The van der Waals surface area contributed by atoms with Crippen LogP contribution in [0.2, 0.25) is 0 Å². The Hall–Kier alpha value is -1.45. The summed E-state index contributed by atoms with van der Waals surface area (Å²) >= 11 is 4.17. The van der Waals surface area contributed by atoms with Crippen LogP contribution in [-0.4, -0.2) is 33.7 Å². The molecule has 6 nitrogen and oxygen atoms in total. The van der Waals surface area contributed by atoms with Crippen LogP contribution in [-0.2, 0) is 11.2 Å². The molecule has 1 amide bonds. The summed E-state index contributed by atoms with van der Waals surface area (Å²) in [5.74, 6) is -0.0494. The Labute approximate surface area is 139 Å². The van der Waals surface area contributed by atoms with Gasteiger partial charge in [0, 0.05) is 10.9 Å². The van der Waals surface area contributed by atoms with Crippen molar-refractivity contribution in [3.63, 3.8) is 0 Å². The first-order valence-electron chi connectivity index (χ1n) is 6.73. The molecule has 1 aliphatic carbocycles. The molecule has 0 unspecified atom stereocenters. The highest BCUT2D eigenvalue weighted by Gasteiger charge is 2.22. The molecule has 3 rings (SSSR count). The summed E-state index contributed by atoms with van der Waals surface area (Å²) in [7, 11) is 0. The second-order valence-electron chi connectivity index (χ2n) is 4.91. The normalized spacial score (nSPS) is 14.0. The van der Waals surface area contributed by atoms with E-state index < -0.39 is 0 Å². The van der Waals surface area contributed by atoms with Crippen molar-refractivity contribution in [3.8, 4) is 0 Å². The lowest BCUT2D eigenvalue weighted by Crippen LogP contribution is -2.12. The third kappa shape index (κ3) is 4.28. The lowest BCUT2D eigenvalue weighted by atomic mass is 10.3. The largest absolute Gasteiger partial charge is 0.369 e. The monoisotopic (exact) mass is 354 g/mol. The van der Waals surface area contributed by atoms with Crippen LogP contribution in [0, 0.1) is 0 Å². The van der Waals surface area contributed by atoms with Crippen LogP contribution < -0.4 is 11.1 Å². The molecule has 0 radical (unpaired) electrons. The molecule has 0 aromatic carbocycles. The van der Waals surface area contributed by atoms with Gasteiger partial charge in [-0.3, -0.25) is 9.59 Å². The second kappa shape index (κ2) is 6.76. The first kappa shape index (κ1) is 15.4. The van der Waals surface area contributed by atoms with Gasteiger partial charge in [0.25, 0.3) is 0 Å². The molecule has 1 fully saturated rings. The fourth-order valence-electron chi connectivity index (χ4n) is 1.72. The van der Waals surface area contributed by atoms with Crippen LogP contribution in [0.15, 0.2) is 16.5 Å². The summed E-state index contributed by atoms with van der Waals surface area (Å²) in [5, 5.41) is 12.2. The van der Waals surface area contributed by atoms with E-state index in [4.69, 9.17) is 5.73 Å². The number of carbonyl (C=O) groups is 2. The van der Waals surface area contributed by atoms with Crippen LogP contribution in [0.25, 0.3) is 0 Å². The van der Waals surface area contributed by atoms with Crippen molar-refractivity contribution >= 4 is 51.3 Å². The van der Waals surface area contributed by atoms with E-state index in [2.05, 4.69) is 15.5 Å². The number of thiophene rings is 1. The van der Waals surface area contributed by atoms with Crippen LogP contribution in [0.3, 0.4) is 0 Å². The first-order valence-corrected chi connectivity index (χ1v) is 9.35. The van der Waals surface area contributed by atoms with Crippen molar-refractivity contribution in [2.45, 2.75) is 29.6 Å². The van der Waals surface area contributed by atoms with Crippen molar-refractivity contribution in [1.29, 1.82) is 0 Å². The number of nitrogens with one attached hydrogen (secondary N) is 1. The lowest BCUT2D eigenvalue weighted by molar-refractivity contribution is -0.117. The average Bonchev–Trinajstić information content (AvgIpc) is 2.97. The summed E-state index contributed by atoms with van der Waals surface area (Å²) in [5.41, 5.74) is 5.14. The number of aromatic nitrogens is 2. The molecule has 0 aliphatic heterocycles. The predicted octanol–water partition coefficient (Wildman–Crippen LogP) is 2.18. The molecule has 22 heavy (non-hydrogen) atoms. The number of Topliss-reactive ketones (excluding diaryl/α,β-unsaturated/α-hetero) is 1. The molecule has 0 spiro atoms. The molecule has 1 aliphatic rings. The zero-order valence-corrected chi connectivity index (χ0v) is 14.0. The summed E-state index contributed by atoms with van der Waals surface area (Å²) in [6.07, 6.45) is 2.55. The molecule has 116 valence electrons. The molecule has 2 aromatic rings. The zero-order valence-electron chi connectivity index (χ0n) is 11.6. The van der Waals surface area contributed by atoms with Crippen molar-refractivity contribution in [1.82, 2.24) is 10.2 Å². The summed E-state index contributed by atoms with van der Waals surface area (Å²) in [6, 6.07) is 4.06. The van der Waals surface area contributed by atoms with E-state index in [0.717, 1.165) is 14.3 Å². The van der Waals surface area contributed by atoms with Gasteiger partial charge in [-0.2, -0.15) is 0 Å². The molecule has 9 heteroatoms. The lowest BCUT2D eigenvalue weighted by Gasteiger charge is -1.96. The van der Waals surface area contributed by atoms with Crippen LogP contribution in [0.5, 0.6) is 0 Å². The number of carbonyl (C=O) groups excluding carboxylic acids is 2. The maximum absolute atomic E-state index is 12.1. The average molecular weight is 354 g/mol. The molecule has 3 N–H and O–H groups in total. The van der Waals surface area contributed by atoms with Gasteiger partial charge in [-0.05, 0) is 25.0 Å². The molecule has 0 saturated heterocycles. The van der Waals surface area contributed by atoms with Crippen LogP contribution in [0.1, 0.15) is 27.4 Å². The third-order valence-electron chi connectivity index (χ3n) is 2.92. The van der Waals surface area contributed by atoms with Gasteiger partial charge in [0.1, 0.15) is 0 Å². The smallest absolute Gasteiger partial charge is 0.222 e. The summed E-state index contributed by atoms with van der Waals surface area (Å²) in [6.45, 7) is 0. The molecule has 2 aromatic heterocycles. The van der Waals surface area contributed by atoms with Gasteiger partial charge in [-0.1, -0.05) is 23.1 Å². The maximum Gasteiger partial charge on any atom is 0.222 e. The van der Waals surface area contributed by atoms with Gasteiger partial charge < -0.3 is 11.1 Å². The van der Waals surface area contributed by atoms with Gasteiger partial charge in [0.05, 0.1) is 17.1 Å². The number of ketones is 1. The number of thioether (sulfide) groups is 1. The summed E-state index contributed by atoms with van der Waals surface area (Å²) in [4.78, 5) is 24.4. The topological polar surface area (TPSA) is 98.0 Å². The van der Waals surface area contributed by atoms with Gasteiger partial charge in [-0.25, -0.2) is 0 Å². The Kier molecular flexibility index (Phi) is 4.74. The number of nitrogens with zero attached hydrogens (tertiary/aromatic N) is 2. The van der Waals surface area contributed by atoms with E-state index in [1.807, 2.05) is 0 Å². The Bertz CT molecular complexity index is 693. The highest BCUT2D eigenvalue weighted by atomic mass is 32.2. The fourth-order valence-corrected chi connectivity index (χ4v) is 4.48. The Morgan fingerprint density at radius 1 is 1.32 bits per heavy atom. The Morgan fingerprint density at radius 2 is 2.14 bits per heavy atom. The first-order chi connectivity index (χ1) is 10.6.